The van der Waals surface area contributed by atoms with Gasteiger partial charge in [0.1, 0.15) is 5.60 Å². The molecule has 0 aromatic heterocycles. The van der Waals surface area contributed by atoms with E-state index in [1.807, 2.05) is 19.9 Å². The fourth-order valence-corrected chi connectivity index (χ4v) is 2.45. The number of rotatable bonds is 3. The Bertz CT molecular complexity index is 521. The number of ether oxygens (including phenoxy) is 1. The van der Waals surface area contributed by atoms with E-state index in [0.29, 0.717) is 18.5 Å². The summed E-state index contributed by atoms with van der Waals surface area (Å²) < 4.78 is 5.50. The van der Waals surface area contributed by atoms with E-state index in [2.05, 4.69) is 10.6 Å². The number of benzene rings is 1. The minimum absolute atomic E-state index is 0.126. The van der Waals surface area contributed by atoms with Gasteiger partial charge in [-0.3, -0.25) is 10.1 Å². The van der Waals surface area contributed by atoms with Crippen molar-refractivity contribution in [2.75, 3.05) is 10.6 Å². The lowest BCUT2D eigenvalue weighted by Crippen LogP contribution is -2.38. The van der Waals surface area contributed by atoms with Crippen LogP contribution in [0.3, 0.4) is 0 Å². The minimum atomic E-state index is -0.619. The Morgan fingerprint density at radius 3 is 2.63 bits per heavy atom. The summed E-state index contributed by atoms with van der Waals surface area (Å²) in [4.78, 5) is 22.7. The molecule has 0 fully saturated rings. The first-order valence-electron chi connectivity index (χ1n) is 6.43. The fraction of sp³-hybridized carbons (Fsp3) is 0.429. The molecule has 2 N–H and O–H groups in total. The molecule has 5 nitrogen and oxygen atoms in total. The maximum absolute atomic E-state index is 11.6. The third-order valence-corrected chi connectivity index (χ3v) is 3.50. The predicted molar refractivity (Wildman–Crippen MR) is 73.1 cm³/mol. The van der Waals surface area contributed by atoms with Crippen LogP contribution in [0.5, 0.6) is 0 Å². The fourth-order valence-electron chi connectivity index (χ4n) is 2.45. The maximum Gasteiger partial charge on any atom is 0.412 e. The van der Waals surface area contributed by atoms with Crippen molar-refractivity contribution in [3.8, 4) is 0 Å². The number of carbonyl (C=O) groups excluding carboxylic acids is 2. The molecule has 1 heterocycles. The van der Waals surface area contributed by atoms with Crippen LogP contribution in [0.2, 0.25) is 0 Å². The smallest absolute Gasteiger partial charge is 0.412 e. The number of carbonyl (C=O) groups is 2. The lowest BCUT2D eigenvalue weighted by molar-refractivity contribution is -0.114. The second-order valence-corrected chi connectivity index (χ2v) is 4.66. The zero-order chi connectivity index (χ0) is 14.0. The highest BCUT2D eigenvalue weighted by Gasteiger charge is 2.39. The quantitative estimate of drug-likeness (QED) is 0.878. The van der Waals surface area contributed by atoms with Crippen molar-refractivity contribution in [2.24, 2.45) is 0 Å². The van der Waals surface area contributed by atoms with Crippen LogP contribution in [0.15, 0.2) is 18.2 Å². The van der Waals surface area contributed by atoms with Gasteiger partial charge in [-0.15, -0.1) is 0 Å². The molecule has 0 atom stereocenters. The van der Waals surface area contributed by atoms with E-state index in [4.69, 9.17) is 4.74 Å². The van der Waals surface area contributed by atoms with E-state index in [-0.39, 0.29) is 5.91 Å². The summed E-state index contributed by atoms with van der Waals surface area (Å²) in [5.74, 6) is -0.126. The van der Waals surface area contributed by atoms with Crippen LogP contribution < -0.4 is 10.6 Å². The molecular weight excluding hydrogens is 244 g/mol. The number of nitrogens with one attached hydrogen (secondary N) is 2. The molecule has 0 aliphatic carbocycles. The molecule has 0 unspecified atom stereocenters. The van der Waals surface area contributed by atoms with Gasteiger partial charge >= 0.3 is 6.09 Å². The molecule has 0 spiro atoms. The van der Waals surface area contributed by atoms with Crippen LogP contribution in [0.1, 0.15) is 39.2 Å². The van der Waals surface area contributed by atoms with Crippen molar-refractivity contribution in [3.63, 3.8) is 0 Å². The van der Waals surface area contributed by atoms with E-state index in [1.54, 1.807) is 12.1 Å². The Morgan fingerprint density at radius 1 is 1.37 bits per heavy atom. The highest BCUT2D eigenvalue weighted by atomic mass is 16.6. The number of hydrogen-bond donors (Lipinski definition) is 2. The van der Waals surface area contributed by atoms with Crippen LogP contribution in [-0.2, 0) is 15.1 Å². The number of hydrogen-bond acceptors (Lipinski definition) is 3. The zero-order valence-electron chi connectivity index (χ0n) is 11.4. The third-order valence-electron chi connectivity index (χ3n) is 3.50. The first kappa shape index (κ1) is 13.4. The van der Waals surface area contributed by atoms with Gasteiger partial charge in [-0.05, 0) is 31.0 Å². The summed E-state index contributed by atoms with van der Waals surface area (Å²) in [6.45, 7) is 5.43. The summed E-state index contributed by atoms with van der Waals surface area (Å²) in [5, 5.41) is 5.43. The van der Waals surface area contributed by atoms with Gasteiger partial charge in [-0.1, -0.05) is 13.8 Å². The van der Waals surface area contributed by atoms with E-state index in [0.717, 1.165) is 11.3 Å². The molecular formula is C14H18N2O3. The van der Waals surface area contributed by atoms with Crippen molar-refractivity contribution in [3.05, 3.63) is 23.8 Å². The maximum atomic E-state index is 11.6. The molecule has 0 saturated heterocycles. The van der Waals surface area contributed by atoms with Crippen LogP contribution >= 0.6 is 0 Å². The molecule has 1 aliphatic rings. The highest BCUT2D eigenvalue weighted by molar-refractivity contribution is 5.92. The predicted octanol–water partition coefficient (Wildman–Crippen LogP) is 3.22. The van der Waals surface area contributed by atoms with E-state index in [1.165, 1.54) is 6.92 Å². The summed E-state index contributed by atoms with van der Waals surface area (Å²) >= 11 is 0. The lowest BCUT2D eigenvalue weighted by atomic mass is 9.86. The summed E-state index contributed by atoms with van der Waals surface area (Å²) in [5.41, 5.74) is 1.74. The van der Waals surface area contributed by atoms with E-state index in [9.17, 15) is 9.59 Å². The van der Waals surface area contributed by atoms with E-state index >= 15 is 0 Å². The number of fused-ring (bicyclic) bond motifs is 1. The standard InChI is InChI=1S/C14H18N2O3/c1-4-14(5-2)11-8-10(15-9(3)17)6-7-12(11)16-13(18)19-14/h6-8H,4-5H2,1-3H3,(H,15,17)(H,16,18). The second-order valence-electron chi connectivity index (χ2n) is 4.66. The third kappa shape index (κ3) is 2.41. The van der Waals surface area contributed by atoms with Crippen molar-refractivity contribution in [1.82, 2.24) is 0 Å². The molecule has 102 valence electrons. The van der Waals surface area contributed by atoms with E-state index < -0.39 is 11.7 Å². The first-order valence-corrected chi connectivity index (χ1v) is 6.43. The van der Waals surface area contributed by atoms with Gasteiger partial charge in [0.15, 0.2) is 0 Å². The van der Waals surface area contributed by atoms with Crippen molar-refractivity contribution >= 4 is 23.4 Å². The first-order chi connectivity index (χ1) is 9.00. The van der Waals surface area contributed by atoms with Gasteiger partial charge in [0.05, 0.1) is 5.69 Å². The molecule has 2 amide bonds. The average Bonchev–Trinajstić information content (AvgIpc) is 2.37. The Labute approximate surface area is 112 Å². The molecule has 0 bridgehead atoms. The van der Waals surface area contributed by atoms with Crippen LogP contribution in [0.25, 0.3) is 0 Å². The lowest BCUT2D eigenvalue weighted by Gasteiger charge is -2.37. The molecule has 19 heavy (non-hydrogen) atoms. The summed E-state index contributed by atoms with van der Waals surface area (Å²) in [6.07, 6.45) is 0.949. The normalized spacial score (nSPS) is 16.1. The Balaban J connectivity index is 2.50. The molecule has 5 heteroatoms. The highest BCUT2D eigenvalue weighted by Crippen LogP contribution is 2.42. The minimum Gasteiger partial charge on any atom is -0.438 e. The summed E-state index contributed by atoms with van der Waals surface area (Å²) in [7, 11) is 0. The van der Waals surface area contributed by atoms with Gasteiger partial charge in [0, 0.05) is 18.2 Å². The van der Waals surface area contributed by atoms with Gasteiger partial charge in [-0.25, -0.2) is 4.79 Å². The SMILES string of the molecule is CCC1(CC)OC(=O)Nc2ccc(NC(C)=O)cc21. The van der Waals surface area contributed by atoms with Crippen LogP contribution in [0.4, 0.5) is 16.2 Å². The number of anilines is 2. The van der Waals surface area contributed by atoms with Gasteiger partial charge in [0.25, 0.3) is 0 Å². The van der Waals surface area contributed by atoms with Crippen LogP contribution in [0, 0.1) is 0 Å². The Morgan fingerprint density at radius 2 is 2.05 bits per heavy atom. The molecule has 0 radical (unpaired) electrons. The topological polar surface area (TPSA) is 67.4 Å². The van der Waals surface area contributed by atoms with Crippen molar-refractivity contribution < 1.29 is 14.3 Å². The van der Waals surface area contributed by atoms with Gasteiger partial charge in [-0.2, -0.15) is 0 Å². The number of amides is 2. The molecule has 2 rings (SSSR count). The molecule has 1 aliphatic heterocycles. The average molecular weight is 262 g/mol. The molecule has 1 aromatic carbocycles. The van der Waals surface area contributed by atoms with Crippen molar-refractivity contribution in [2.45, 2.75) is 39.2 Å². The van der Waals surface area contributed by atoms with Crippen molar-refractivity contribution in [1.29, 1.82) is 0 Å². The molecule has 0 saturated carbocycles. The van der Waals surface area contributed by atoms with Gasteiger partial charge in [0.2, 0.25) is 5.91 Å². The zero-order valence-corrected chi connectivity index (χ0v) is 11.4. The molecule has 1 aromatic rings. The largest absolute Gasteiger partial charge is 0.438 e. The van der Waals surface area contributed by atoms with Gasteiger partial charge < -0.3 is 10.1 Å². The second kappa shape index (κ2) is 4.91. The Hall–Kier alpha value is -2.04. The number of cyclic esters (lactones) is 1. The summed E-state index contributed by atoms with van der Waals surface area (Å²) in [6, 6.07) is 5.42. The van der Waals surface area contributed by atoms with Crippen LogP contribution in [-0.4, -0.2) is 12.0 Å². The monoisotopic (exact) mass is 262 g/mol. The Kier molecular flexibility index (Phi) is 3.46.